The third kappa shape index (κ3) is 1.78. The van der Waals surface area contributed by atoms with Crippen molar-refractivity contribution < 1.29 is 4.74 Å². The average Bonchev–Trinajstić information content (AvgIpc) is 2.58. The van der Waals surface area contributed by atoms with E-state index in [9.17, 15) is 0 Å². The van der Waals surface area contributed by atoms with E-state index in [0.717, 1.165) is 25.5 Å². The predicted molar refractivity (Wildman–Crippen MR) is 51.8 cm³/mol. The van der Waals surface area contributed by atoms with E-state index in [2.05, 4.69) is 29.4 Å². The molecule has 0 atom stereocenters. The van der Waals surface area contributed by atoms with Crippen molar-refractivity contribution >= 4 is 0 Å². The Labute approximate surface area is 83.5 Å². The Kier molecular flexibility index (Phi) is 2.52. The fraction of sp³-hybridized carbons (Fsp3) is 0.778. The topological polar surface area (TPSA) is 52.0 Å². The fourth-order valence-electron chi connectivity index (χ4n) is 1.47. The molecule has 78 valence electrons. The maximum atomic E-state index is 5.77. The summed E-state index contributed by atoms with van der Waals surface area (Å²) in [4.78, 5) is 0. The van der Waals surface area contributed by atoms with E-state index in [1.54, 1.807) is 6.33 Å². The van der Waals surface area contributed by atoms with Crippen molar-refractivity contribution in [3.8, 4) is 0 Å². The molecular formula is C9H16N4O. The maximum Gasteiger partial charge on any atom is 0.158 e. The monoisotopic (exact) mass is 196 g/mol. The van der Waals surface area contributed by atoms with E-state index in [1.165, 1.54) is 0 Å². The van der Waals surface area contributed by atoms with Crippen molar-refractivity contribution in [3.63, 3.8) is 0 Å². The maximum absolute atomic E-state index is 5.77. The number of aryl methyl sites for hydroxylation is 1. The summed E-state index contributed by atoms with van der Waals surface area (Å²) in [6.07, 6.45) is 1.74. The second kappa shape index (κ2) is 3.67. The largest absolute Gasteiger partial charge is 0.365 e. The van der Waals surface area contributed by atoms with Gasteiger partial charge >= 0.3 is 0 Å². The molecule has 2 heterocycles. The van der Waals surface area contributed by atoms with Gasteiger partial charge in [0.2, 0.25) is 0 Å². The number of hydrogen-bond acceptors (Lipinski definition) is 4. The minimum absolute atomic E-state index is 0.00940. The molecule has 0 aliphatic carbocycles. The van der Waals surface area contributed by atoms with Crippen molar-refractivity contribution in [3.05, 3.63) is 12.2 Å². The molecule has 1 fully saturated rings. The normalized spacial score (nSPS) is 19.3. The third-order valence-electron chi connectivity index (χ3n) is 2.58. The van der Waals surface area contributed by atoms with Crippen molar-refractivity contribution in [2.45, 2.75) is 32.6 Å². The highest BCUT2D eigenvalue weighted by molar-refractivity contribution is 4.92. The van der Waals surface area contributed by atoms with Crippen LogP contribution in [0, 0.1) is 0 Å². The molecule has 2 rings (SSSR count). The summed E-state index contributed by atoms with van der Waals surface area (Å²) in [7, 11) is 0. The van der Waals surface area contributed by atoms with Crippen molar-refractivity contribution in [1.82, 2.24) is 20.1 Å². The summed E-state index contributed by atoms with van der Waals surface area (Å²) in [5, 5.41) is 11.1. The van der Waals surface area contributed by atoms with E-state index in [4.69, 9.17) is 4.74 Å². The average molecular weight is 196 g/mol. The molecule has 0 aromatic carbocycles. The minimum atomic E-state index is -0.00940. The van der Waals surface area contributed by atoms with Crippen molar-refractivity contribution in [2.75, 3.05) is 13.1 Å². The Morgan fingerprint density at radius 2 is 2.43 bits per heavy atom. The molecule has 1 saturated heterocycles. The zero-order valence-corrected chi connectivity index (χ0v) is 8.66. The highest BCUT2D eigenvalue weighted by Crippen LogP contribution is 2.16. The Hall–Kier alpha value is -0.940. The van der Waals surface area contributed by atoms with Crippen LogP contribution in [0.5, 0.6) is 0 Å². The van der Waals surface area contributed by atoms with E-state index in [-0.39, 0.29) is 5.60 Å². The fourth-order valence-corrected chi connectivity index (χ4v) is 1.47. The highest BCUT2D eigenvalue weighted by atomic mass is 16.5. The molecule has 1 aromatic heterocycles. The Balaban J connectivity index is 1.91. The molecule has 0 saturated carbocycles. The summed E-state index contributed by atoms with van der Waals surface area (Å²) >= 11 is 0. The summed E-state index contributed by atoms with van der Waals surface area (Å²) in [6.45, 7) is 7.46. The van der Waals surface area contributed by atoms with Gasteiger partial charge in [-0.25, -0.2) is 0 Å². The lowest BCUT2D eigenvalue weighted by molar-refractivity contribution is -0.0798. The smallest absolute Gasteiger partial charge is 0.158 e. The van der Waals surface area contributed by atoms with Crippen LogP contribution in [0.15, 0.2) is 6.33 Å². The molecule has 0 bridgehead atoms. The number of rotatable bonds is 4. The molecule has 1 N–H and O–H groups in total. The summed E-state index contributed by atoms with van der Waals surface area (Å²) in [5.41, 5.74) is -0.00940. The summed E-state index contributed by atoms with van der Waals surface area (Å²) in [5.74, 6) is 0.903. The van der Waals surface area contributed by atoms with Gasteiger partial charge in [0.05, 0.1) is 5.60 Å². The first kappa shape index (κ1) is 9.61. The number of hydrogen-bond donors (Lipinski definition) is 1. The lowest BCUT2D eigenvalue weighted by Crippen LogP contribution is -2.58. The molecule has 5 heteroatoms. The Morgan fingerprint density at radius 3 is 3.00 bits per heavy atom. The molecule has 1 aliphatic heterocycles. The Morgan fingerprint density at radius 1 is 1.64 bits per heavy atom. The van der Waals surface area contributed by atoms with Gasteiger partial charge in [0, 0.05) is 19.6 Å². The second-order valence-corrected chi connectivity index (χ2v) is 3.88. The lowest BCUT2D eigenvalue weighted by atomic mass is 10.0. The van der Waals surface area contributed by atoms with Crippen LogP contribution >= 0.6 is 0 Å². The van der Waals surface area contributed by atoms with Crippen LogP contribution in [0.3, 0.4) is 0 Å². The second-order valence-electron chi connectivity index (χ2n) is 3.88. The minimum Gasteiger partial charge on any atom is -0.365 e. The van der Waals surface area contributed by atoms with Crippen LogP contribution < -0.4 is 5.32 Å². The standard InChI is InChI=1S/C9H16N4O/c1-3-13-7-11-12-8(13)4-14-9(2)5-10-6-9/h7,10H,3-6H2,1-2H3. The van der Waals surface area contributed by atoms with Gasteiger partial charge in [0.15, 0.2) is 5.82 Å². The molecular weight excluding hydrogens is 180 g/mol. The molecule has 0 radical (unpaired) electrons. The molecule has 1 aromatic rings. The van der Waals surface area contributed by atoms with Gasteiger partial charge in [-0.3, -0.25) is 0 Å². The zero-order valence-electron chi connectivity index (χ0n) is 8.66. The van der Waals surface area contributed by atoms with Gasteiger partial charge in [0.25, 0.3) is 0 Å². The van der Waals surface area contributed by atoms with Gasteiger partial charge in [-0.15, -0.1) is 10.2 Å². The lowest BCUT2D eigenvalue weighted by Gasteiger charge is -2.38. The van der Waals surface area contributed by atoms with Crippen LogP contribution in [0.4, 0.5) is 0 Å². The van der Waals surface area contributed by atoms with E-state index in [1.807, 2.05) is 4.57 Å². The van der Waals surface area contributed by atoms with Crippen LogP contribution in [-0.4, -0.2) is 33.5 Å². The number of ether oxygens (including phenoxy) is 1. The van der Waals surface area contributed by atoms with Crippen molar-refractivity contribution in [2.24, 2.45) is 0 Å². The quantitative estimate of drug-likeness (QED) is 0.746. The Bertz CT molecular complexity index is 306. The molecule has 5 nitrogen and oxygen atoms in total. The van der Waals surface area contributed by atoms with E-state index >= 15 is 0 Å². The number of nitrogens with zero attached hydrogens (tertiary/aromatic N) is 3. The van der Waals surface area contributed by atoms with Gasteiger partial charge in [-0.2, -0.15) is 0 Å². The summed E-state index contributed by atoms with van der Waals surface area (Å²) in [6, 6.07) is 0. The third-order valence-corrected chi connectivity index (χ3v) is 2.58. The molecule has 0 amide bonds. The van der Waals surface area contributed by atoms with Gasteiger partial charge in [-0.05, 0) is 13.8 Å². The number of aromatic nitrogens is 3. The van der Waals surface area contributed by atoms with Crippen LogP contribution in [0.2, 0.25) is 0 Å². The summed E-state index contributed by atoms with van der Waals surface area (Å²) < 4.78 is 7.76. The SMILES string of the molecule is CCn1cnnc1COC1(C)CNC1. The van der Waals surface area contributed by atoms with Crippen LogP contribution in [0.1, 0.15) is 19.7 Å². The molecule has 1 aliphatic rings. The van der Waals surface area contributed by atoms with Crippen LogP contribution in [0.25, 0.3) is 0 Å². The van der Waals surface area contributed by atoms with Crippen molar-refractivity contribution in [1.29, 1.82) is 0 Å². The number of nitrogens with one attached hydrogen (secondary N) is 1. The highest BCUT2D eigenvalue weighted by Gasteiger charge is 2.32. The van der Waals surface area contributed by atoms with Gasteiger partial charge in [-0.1, -0.05) is 0 Å². The van der Waals surface area contributed by atoms with Gasteiger partial charge < -0.3 is 14.6 Å². The molecule has 0 unspecified atom stereocenters. The van der Waals surface area contributed by atoms with E-state index < -0.39 is 0 Å². The first-order valence-electron chi connectivity index (χ1n) is 4.95. The van der Waals surface area contributed by atoms with E-state index in [0.29, 0.717) is 6.61 Å². The first-order chi connectivity index (χ1) is 6.73. The molecule has 0 spiro atoms. The predicted octanol–water partition coefficient (Wildman–Crippen LogP) is 0.176. The first-order valence-corrected chi connectivity index (χ1v) is 4.95. The molecule has 14 heavy (non-hydrogen) atoms. The van der Waals surface area contributed by atoms with Crippen LogP contribution in [-0.2, 0) is 17.9 Å². The van der Waals surface area contributed by atoms with Gasteiger partial charge in [0.1, 0.15) is 12.9 Å². The zero-order chi connectivity index (χ0) is 10.0.